The summed E-state index contributed by atoms with van der Waals surface area (Å²) in [6.45, 7) is 7.35. The fourth-order valence-electron chi connectivity index (χ4n) is 2.81. The van der Waals surface area contributed by atoms with Crippen LogP contribution in [0.3, 0.4) is 0 Å². The highest BCUT2D eigenvalue weighted by Crippen LogP contribution is 2.33. The molecule has 2 aromatic heterocycles. The minimum absolute atomic E-state index is 0.613. The lowest BCUT2D eigenvalue weighted by Gasteiger charge is -2.18. The van der Waals surface area contributed by atoms with Crippen molar-refractivity contribution in [1.29, 1.82) is 0 Å². The molecule has 3 nitrogen and oxygen atoms in total. The van der Waals surface area contributed by atoms with Crippen LogP contribution in [0.25, 0.3) is 10.2 Å². The summed E-state index contributed by atoms with van der Waals surface area (Å²) < 4.78 is 0. The number of hydrogen-bond acceptors (Lipinski definition) is 4. The van der Waals surface area contributed by atoms with Crippen LogP contribution in [-0.4, -0.2) is 28.0 Å². The second kappa shape index (κ2) is 5.96. The van der Waals surface area contributed by atoms with Gasteiger partial charge >= 0.3 is 0 Å². The standard InChI is InChI=1S/C15H20ClN3S/c1-10-11(2)20-15-13(10)14(16)17-12(18-15)9-19-7-5-3-4-6-8-19/h3-9H2,1-2H3. The molecule has 1 aliphatic heterocycles. The molecule has 1 fully saturated rings. The summed E-state index contributed by atoms with van der Waals surface area (Å²) in [5, 5.41) is 1.65. The van der Waals surface area contributed by atoms with Crippen LogP contribution in [0.1, 0.15) is 41.9 Å². The molecular weight excluding hydrogens is 290 g/mol. The maximum atomic E-state index is 6.37. The number of thiophene rings is 1. The molecule has 0 aromatic carbocycles. The number of halogens is 1. The van der Waals surface area contributed by atoms with Gasteiger partial charge in [0.15, 0.2) is 0 Å². The smallest absolute Gasteiger partial charge is 0.145 e. The molecule has 0 saturated carbocycles. The number of aromatic nitrogens is 2. The van der Waals surface area contributed by atoms with E-state index in [-0.39, 0.29) is 0 Å². The van der Waals surface area contributed by atoms with Crippen molar-refractivity contribution in [2.75, 3.05) is 13.1 Å². The molecule has 0 bridgehead atoms. The summed E-state index contributed by atoms with van der Waals surface area (Å²) in [6.07, 6.45) is 5.27. The van der Waals surface area contributed by atoms with Crippen molar-refractivity contribution in [3.63, 3.8) is 0 Å². The highest BCUT2D eigenvalue weighted by molar-refractivity contribution is 7.18. The van der Waals surface area contributed by atoms with Crippen LogP contribution in [-0.2, 0) is 6.54 Å². The molecule has 0 aliphatic carbocycles. The van der Waals surface area contributed by atoms with Crippen LogP contribution in [0.5, 0.6) is 0 Å². The highest BCUT2D eigenvalue weighted by atomic mass is 35.5. The second-order valence-electron chi connectivity index (χ2n) is 5.58. The molecule has 1 aliphatic rings. The van der Waals surface area contributed by atoms with Crippen molar-refractivity contribution in [1.82, 2.24) is 14.9 Å². The van der Waals surface area contributed by atoms with E-state index in [1.165, 1.54) is 36.1 Å². The first-order valence-corrected chi connectivity index (χ1v) is 8.49. The van der Waals surface area contributed by atoms with Crippen molar-refractivity contribution in [3.8, 4) is 0 Å². The molecule has 0 atom stereocenters. The summed E-state index contributed by atoms with van der Waals surface area (Å²) in [7, 11) is 0. The van der Waals surface area contributed by atoms with Crippen molar-refractivity contribution < 1.29 is 0 Å². The Hall–Kier alpha value is -0.710. The molecule has 108 valence electrons. The van der Waals surface area contributed by atoms with E-state index < -0.39 is 0 Å². The molecule has 1 saturated heterocycles. The maximum Gasteiger partial charge on any atom is 0.145 e. The third-order valence-electron chi connectivity index (χ3n) is 4.09. The second-order valence-corrected chi connectivity index (χ2v) is 7.15. The fraction of sp³-hybridized carbons (Fsp3) is 0.600. The zero-order chi connectivity index (χ0) is 14.1. The predicted molar refractivity (Wildman–Crippen MR) is 85.6 cm³/mol. The van der Waals surface area contributed by atoms with E-state index in [2.05, 4.69) is 23.7 Å². The fourth-order valence-corrected chi connectivity index (χ4v) is 4.24. The molecule has 2 aromatic rings. The summed E-state index contributed by atoms with van der Waals surface area (Å²) >= 11 is 8.09. The van der Waals surface area contributed by atoms with Crippen LogP contribution >= 0.6 is 22.9 Å². The van der Waals surface area contributed by atoms with Crippen LogP contribution < -0.4 is 0 Å². The van der Waals surface area contributed by atoms with Gasteiger partial charge < -0.3 is 0 Å². The van der Waals surface area contributed by atoms with E-state index >= 15 is 0 Å². The van der Waals surface area contributed by atoms with Gasteiger partial charge in [-0.25, -0.2) is 9.97 Å². The van der Waals surface area contributed by atoms with Crippen LogP contribution in [0, 0.1) is 13.8 Å². The molecule has 0 spiro atoms. The zero-order valence-corrected chi connectivity index (χ0v) is 13.7. The van der Waals surface area contributed by atoms with Crippen LogP contribution in [0.2, 0.25) is 5.15 Å². The summed E-state index contributed by atoms with van der Waals surface area (Å²) in [6, 6.07) is 0. The van der Waals surface area contributed by atoms with Gasteiger partial charge in [0.05, 0.1) is 11.9 Å². The Labute approximate surface area is 129 Å². The largest absolute Gasteiger partial charge is 0.296 e. The van der Waals surface area contributed by atoms with E-state index in [0.29, 0.717) is 5.15 Å². The Morgan fingerprint density at radius 3 is 2.50 bits per heavy atom. The summed E-state index contributed by atoms with van der Waals surface area (Å²) in [4.78, 5) is 14.0. The van der Waals surface area contributed by atoms with Gasteiger partial charge in [-0.2, -0.15) is 0 Å². The molecule has 3 heterocycles. The minimum atomic E-state index is 0.613. The third-order valence-corrected chi connectivity index (χ3v) is 5.47. The normalized spacial score (nSPS) is 17.6. The number of aryl methyl sites for hydroxylation is 2. The van der Waals surface area contributed by atoms with Gasteiger partial charge in [-0.15, -0.1) is 11.3 Å². The maximum absolute atomic E-state index is 6.37. The third kappa shape index (κ3) is 2.83. The van der Waals surface area contributed by atoms with E-state index in [1.54, 1.807) is 11.3 Å². The monoisotopic (exact) mass is 309 g/mol. The molecule has 20 heavy (non-hydrogen) atoms. The van der Waals surface area contributed by atoms with E-state index in [9.17, 15) is 0 Å². The van der Waals surface area contributed by atoms with Gasteiger partial charge in [0.2, 0.25) is 0 Å². The number of hydrogen-bond donors (Lipinski definition) is 0. The lowest BCUT2D eigenvalue weighted by Crippen LogP contribution is -2.25. The Bertz CT molecular complexity index is 615. The van der Waals surface area contributed by atoms with E-state index in [4.69, 9.17) is 16.6 Å². The van der Waals surface area contributed by atoms with Crippen molar-refractivity contribution in [3.05, 3.63) is 21.4 Å². The van der Waals surface area contributed by atoms with Crippen molar-refractivity contribution in [2.45, 2.75) is 46.1 Å². The molecule has 0 unspecified atom stereocenters. The molecule has 5 heteroatoms. The molecule has 0 amide bonds. The summed E-state index contributed by atoms with van der Waals surface area (Å²) in [5.41, 5.74) is 1.22. The average Bonchev–Trinajstić information content (AvgIpc) is 2.59. The average molecular weight is 310 g/mol. The molecule has 3 rings (SSSR count). The lowest BCUT2D eigenvalue weighted by molar-refractivity contribution is 0.270. The van der Waals surface area contributed by atoms with Gasteiger partial charge in [0.1, 0.15) is 15.8 Å². The first-order chi connectivity index (χ1) is 9.65. The Morgan fingerprint density at radius 2 is 1.80 bits per heavy atom. The van der Waals surface area contributed by atoms with Crippen molar-refractivity contribution in [2.24, 2.45) is 0 Å². The topological polar surface area (TPSA) is 29.0 Å². The first-order valence-electron chi connectivity index (χ1n) is 7.29. The molecule has 0 N–H and O–H groups in total. The SMILES string of the molecule is Cc1sc2nc(CN3CCCCCC3)nc(Cl)c2c1C. The zero-order valence-electron chi connectivity index (χ0n) is 12.1. The van der Waals surface area contributed by atoms with Gasteiger partial charge in [-0.1, -0.05) is 24.4 Å². The van der Waals surface area contributed by atoms with Crippen molar-refractivity contribution >= 4 is 33.2 Å². The van der Waals surface area contributed by atoms with Crippen LogP contribution in [0.15, 0.2) is 0 Å². The Morgan fingerprint density at radius 1 is 1.10 bits per heavy atom. The van der Waals surface area contributed by atoms with Gasteiger partial charge in [-0.05, 0) is 45.3 Å². The lowest BCUT2D eigenvalue weighted by atomic mass is 10.2. The van der Waals surface area contributed by atoms with Gasteiger partial charge in [0, 0.05) is 4.88 Å². The number of likely N-dealkylation sites (tertiary alicyclic amines) is 1. The number of rotatable bonds is 2. The molecule has 0 radical (unpaired) electrons. The summed E-state index contributed by atoms with van der Waals surface area (Å²) in [5.74, 6) is 0.866. The molecular formula is C15H20ClN3S. The first kappa shape index (κ1) is 14.2. The van der Waals surface area contributed by atoms with Crippen LogP contribution in [0.4, 0.5) is 0 Å². The number of nitrogens with zero attached hydrogens (tertiary/aromatic N) is 3. The van der Waals surface area contributed by atoms with E-state index in [0.717, 1.165) is 35.7 Å². The Balaban J connectivity index is 1.88. The number of fused-ring (bicyclic) bond motifs is 1. The van der Waals surface area contributed by atoms with E-state index in [1.807, 2.05) is 0 Å². The van der Waals surface area contributed by atoms with Gasteiger partial charge in [0.25, 0.3) is 0 Å². The Kier molecular flexibility index (Phi) is 4.24. The minimum Gasteiger partial charge on any atom is -0.296 e. The van der Waals surface area contributed by atoms with Gasteiger partial charge in [-0.3, -0.25) is 4.90 Å². The predicted octanol–water partition coefficient (Wildman–Crippen LogP) is 4.34. The quantitative estimate of drug-likeness (QED) is 0.773. The highest BCUT2D eigenvalue weighted by Gasteiger charge is 2.16.